The predicted molar refractivity (Wildman–Crippen MR) is 95.6 cm³/mol. The first-order valence-corrected chi connectivity index (χ1v) is 10.1. The van der Waals surface area contributed by atoms with Crippen LogP contribution in [0.3, 0.4) is 0 Å². The molecule has 0 fully saturated rings. The second-order valence-corrected chi connectivity index (χ2v) is 10.0. The van der Waals surface area contributed by atoms with E-state index in [1.807, 2.05) is 0 Å². The van der Waals surface area contributed by atoms with E-state index in [2.05, 4.69) is 78.9 Å². The summed E-state index contributed by atoms with van der Waals surface area (Å²) in [5.41, 5.74) is 4.02. The molecule has 0 radical (unpaired) electrons. The van der Waals surface area contributed by atoms with Crippen LogP contribution in [0.5, 0.6) is 0 Å². The molecule has 0 bridgehead atoms. The summed E-state index contributed by atoms with van der Waals surface area (Å²) in [5, 5.41) is 2.76. The van der Waals surface area contributed by atoms with E-state index in [0.717, 1.165) is 6.16 Å². The van der Waals surface area contributed by atoms with E-state index < -0.39 is 6.04 Å². The Balaban J connectivity index is 1.94. The lowest BCUT2D eigenvalue weighted by Crippen LogP contribution is -2.11. The largest absolute Gasteiger partial charge is 0.0872 e. The average Bonchev–Trinajstić information content (AvgIpc) is 2.79. The minimum absolute atomic E-state index is 0.969. The Morgan fingerprint density at radius 1 is 0.619 bits per heavy atom. The van der Waals surface area contributed by atoms with E-state index in [4.69, 9.17) is 11.8 Å². The van der Waals surface area contributed by atoms with E-state index in [0.29, 0.717) is 0 Å². The molecule has 0 nitrogen and oxygen atoms in total. The maximum absolute atomic E-state index is 6.27. The summed E-state index contributed by atoms with van der Waals surface area (Å²) in [6.07, 6.45) is 0.969. The summed E-state index contributed by atoms with van der Waals surface area (Å²) in [6, 6.07) is 26.3. The van der Waals surface area contributed by atoms with Crippen LogP contribution >= 0.6 is 6.04 Å². The van der Waals surface area contributed by atoms with Gasteiger partial charge in [-0.3, -0.25) is 0 Å². The van der Waals surface area contributed by atoms with Gasteiger partial charge < -0.3 is 0 Å². The Kier molecular flexibility index (Phi) is 3.06. The summed E-state index contributed by atoms with van der Waals surface area (Å²) in [4.78, 5) is 0. The van der Waals surface area contributed by atoms with Gasteiger partial charge in [-0.05, 0) is 27.3 Å². The molecule has 2 heteroatoms. The van der Waals surface area contributed by atoms with Crippen LogP contribution in [0.2, 0.25) is 0 Å². The maximum Gasteiger partial charge on any atom is 0.0160 e. The van der Waals surface area contributed by atoms with E-state index in [1.54, 1.807) is 0 Å². The van der Waals surface area contributed by atoms with Crippen LogP contribution in [0.15, 0.2) is 78.9 Å². The Morgan fingerprint density at radius 2 is 1.10 bits per heavy atom. The molecule has 1 aliphatic rings. The van der Waals surface area contributed by atoms with Crippen LogP contribution in [0.1, 0.15) is 5.56 Å². The van der Waals surface area contributed by atoms with Gasteiger partial charge in [0.2, 0.25) is 0 Å². The first-order chi connectivity index (χ1) is 10.3. The third-order valence-electron chi connectivity index (χ3n) is 4.12. The number of hydrogen-bond acceptors (Lipinski definition) is 1. The molecule has 0 saturated carbocycles. The third kappa shape index (κ3) is 2.00. The Labute approximate surface area is 130 Å². The van der Waals surface area contributed by atoms with E-state index >= 15 is 0 Å². The van der Waals surface area contributed by atoms with E-state index in [1.165, 1.54) is 27.3 Å². The molecular weight excluding hydrogens is 291 g/mol. The van der Waals surface area contributed by atoms with Gasteiger partial charge in [-0.1, -0.05) is 90.7 Å². The molecule has 3 aromatic rings. The van der Waals surface area contributed by atoms with Crippen LogP contribution in [0.25, 0.3) is 11.1 Å². The highest BCUT2D eigenvalue weighted by atomic mass is 32.4. The minimum atomic E-state index is -1.74. The first kappa shape index (κ1) is 13.0. The molecule has 1 aliphatic heterocycles. The van der Waals surface area contributed by atoms with Crippen molar-refractivity contribution in [1.82, 2.24) is 0 Å². The van der Waals surface area contributed by atoms with E-state index in [9.17, 15) is 0 Å². The SMILES string of the molecule is S=P1(Cc2ccccc2)c2ccccc2-c2ccccc21. The zero-order valence-corrected chi connectivity index (χ0v) is 13.3. The van der Waals surface area contributed by atoms with Gasteiger partial charge in [-0.25, -0.2) is 0 Å². The Hall–Kier alpha value is -1.69. The lowest BCUT2D eigenvalue weighted by Gasteiger charge is -2.19. The van der Waals surface area contributed by atoms with Gasteiger partial charge in [0.15, 0.2) is 0 Å². The van der Waals surface area contributed by atoms with E-state index in [-0.39, 0.29) is 0 Å². The van der Waals surface area contributed by atoms with Gasteiger partial charge in [-0.2, -0.15) is 0 Å². The zero-order valence-electron chi connectivity index (χ0n) is 11.6. The normalized spacial score (nSPS) is 14.5. The molecule has 0 aliphatic carbocycles. The smallest absolute Gasteiger partial charge is 0.0160 e. The Bertz CT molecular complexity index is 803. The highest BCUT2D eigenvalue weighted by Gasteiger charge is 2.33. The fourth-order valence-corrected chi connectivity index (χ4v) is 7.72. The van der Waals surface area contributed by atoms with Gasteiger partial charge in [0, 0.05) is 12.2 Å². The first-order valence-electron chi connectivity index (χ1n) is 7.11. The predicted octanol–water partition coefficient (Wildman–Crippen LogP) is 4.30. The minimum Gasteiger partial charge on any atom is -0.0872 e. The average molecular weight is 306 g/mol. The van der Waals surface area contributed by atoms with Crippen molar-refractivity contribution < 1.29 is 0 Å². The molecule has 0 spiro atoms. The second-order valence-electron chi connectivity index (χ2n) is 5.42. The summed E-state index contributed by atoms with van der Waals surface area (Å²) < 4.78 is 0. The molecule has 102 valence electrons. The van der Waals surface area contributed by atoms with Crippen molar-refractivity contribution in [3.63, 3.8) is 0 Å². The van der Waals surface area contributed by atoms with Crippen LogP contribution in [-0.4, -0.2) is 0 Å². The highest BCUT2D eigenvalue weighted by molar-refractivity contribution is 8.22. The summed E-state index contributed by atoms with van der Waals surface area (Å²) >= 11 is 6.27. The van der Waals surface area contributed by atoms with Gasteiger partial charge >= 0.3 is 0 Å². The standard InChI is InChI=1S/C19H15PS/c21-20(14-15-8-2-1-3-9-15)18-12-6-4-10-16(18)17-11-5-7-13-19(17)20/h1-13H,14H2. The van der Waals surface area contributed by atoms with Crippen molar-refractivity contribution in [3.05, 3.63) is 84.4 Å². The monoisotopic (exact) mass is 306 g/mol. The van der Waals surface area contributed by atoms with Crippen molar-refractivity contribution in [2.75, 3.05) is 0 Å². The highest BCUT2D eigenvalue weighted by Crippen LogP contribution is 2.55. The fraction of sp³-hybridized carbons (Fsp3) is 0.0526. The molecule has 0 atom stereocenters. The van der Waals surface area contributed by atoms with Crippen molar-refractivity contribution >= 4 is 28.5 Å². The maximum atomic E-state index is 6.27. The molecule has 0 unspecified atom stereocenters. The van der Waals surface area contributed by atoms with Crippen LogP contribution in [0.4, 0.5) is 0 Å². The molecule has 0 aromatic heterocycles. The van der Waals surface area contributed by atoms with Crippen molar-refractivity contribution in [1.29, 1.82) is 0 Å². The molecule has 1 heterocycles. The van der Waals surface area contributed by atoms with Crippen molar-refractivity contribution in [2.45, 2.75) is 6.16 Å². The molecule has 4 rings (SSSR count). The van der Waals surface area contributed by atoms with Gasteiger partial charge in [0.25, 0.3) is 0 Å². The molecule has 0 N–H and O–H groups in total. The Morgan fingerprint density at radius 3 is 1.67 bits per heavy atom. The van der Waals surface area contributed by atoms with Crippen LogP contribution in [-0.2, 0) is 18.0 Å². The number of fused-ring (bicyclic) bond motifs is 3. The number of hydrogen-bond donors (Lipinski definition) is 0. The molecule has 21 heavy (non-hydrogen) atoms. The molecule has 0 saturated heterocycles. The number of rotatable bonds is 2. The van der Waals surface area contributed by atoms with Crippen LogP contribution < -0.4 is 10.6 Å². The summed E-state index contributed by atoms with van der Waals surface area (Å²) in [6.45, 7) is 0. The van der Waals surface area contributed by atoms with Gasteiger partial charge in [-0.15, -0.1) is 0 Å². The van der Waals surface area contributed by atoms with Crippen molar-refractivity contribution in [3.8, 4) is 11.1 Å². The topological polar surface area (TPSA) is 0 Å². The molecule has 3 aromatic carbocycles. The zero-order chi connectivity index (χ0) is 14.3. The summed E-state index contributed by atoms with van der Waals surface area (Å²) in [7, 11) is 0. The van der Waals surface area contributed by atoms with Gasteiger partial charge in [0.1, 0.15) is 0 Å². The number of benzene rings is 3. The van der Waals surface area contributed by atoms with Gasteiger partial charge in [0.05, 0.1) is 0 Å². The lowest BCUT2D eigenvalue weighted by molar-refractivity contribution is 1.40. The fourth-order valence-electron chi connectivity index (χ4n) is 3.17. The second kappa shape index (κ2) is 4.94. The lowest BCUT2D eigenvalue weighted by atomic mass is 10.1. The molecule has 0 amide bonds. The molecular formula is C19H15PS. The third-order valence-corrected chi connectivity index (χ3v) is 8.84. The van der Waals surface area contributed by atoms with Crippen LogP contribution in [0, 0.1) is 0 Å². The van der Waals surface area contributed by atoms with Crippen molar-refractivity contribution in [2.24, 2.45) is 0 Å². The quantitative estimate of drug-likeness (QED) is 0.636. The summed E-state index contributed by atoms with van der Waals surface area (Å²) in [5.74, 6) is 0.